The van der Waals surface area contributed by atoms with E-state index in [0.29, 0.717) is 0 Å². The summed E-state index contributed by atoms with van der Waals surface area (Å²) >= 11 is 0. The number of carbonyl (C=O) groups is 2. The van der Waals surface area contributed by atoms with Gasteiger partial charge in [-0.15, -0.1) is 0 Å². The zero-order chi connectivity index (χ0) is 27.0. The van der Waals surface area contributed by atoms with Crippen molar-refractivity contribution in [2.45, 2.75) is 193 Å². The smallest absolute Gasteiger partial charge is 0.310 e. The Kier molecular flexibility index (Phi) is 21.0. The van der Waals surface area contributed by atoms with Gasteiger partial charge in [0.1, 0.15) is 5.54 Å². The average Bonchev–Trinajstić information content (AvgIpc) is 3.12. The van der Waals surface area contributed by atoms with Crippen LogP contribution in [0.25, 0.3) is 0 Å². The van der Waals surface area contributed by atoms with Crippen LogP contribution in [0.4, 0.5) is 4.79 Å². The van der Waals surface area contributed by atoms with Crippen molar-refractivity contribution in [3.05, 3.63) is 0 Å². The van der Waals surface area contributed by atoms with Crippen LogP contribution in [-0.4, -0.2) is 28.9 Å². The number of unbranched alkanes of at least 4 members (excludes halogenated alkanes) is 21. The molecule has 0 aliphatic carbocycles. The molecule has 1 fully saturated rings. The van der Waals surface area contributed by atoms with Crippen LogP contribution < -0.4 is 5.32 Å². The lowest BCUT2D eigenvalue weighted by atomic mass is 9.84. The van der Waals surface area contributed by atoms with E-state index in [1.54, 1.807) is 0 Å². The van der Waals surface area contributed by atoms with E-state index in [9.17, 15) is 9.59 Å². The number of imide groups is 1. The maximum atomic E-state index is 13.3. The molecular formula is C33H64N2O2. The number of carbonyl (C=O) groups excluding carboxylic acids is 2. The SMILES string of the molecule is CCCCCCCCCCN1C(=O)NC(=O)C1(CCCCCCCCCC)CCCCCCCCCC. The third kappa shape index (κ3) is 14.6. The second kappa shape index (κ2) is 22.9. The monoisotopic (exact) mass is 520 g/mol. The first-order valence-electron chi connectivity index (χ1n) is 16.8. The van der Waals surface area contributed by atoms with Crippen LogP contribution in [-0.2, 0) is 4.79 Å². The molecule has 0 aromatic rings. The van der Waals surface area contributed by atoms with Crippen molar-refractivity contribution in [1.29, 1.82) is 0 Å². The minimum absolute atomic E-state index is 0.0112. The Bertz CT molecular complexity index is 543. The lowest BCUT2D eigenvalue weighted by molar-refractivity contribution is -0.127. The Labute approximate surface area is 231 Å². The number of hydrogen-bond acceptors (Lipinski definition) is 2. The van der Waals surface area contributed by atoms with Crippen LogP contribution >= 0.6 is 0 Å². The summed E-state index contributed by atoms with van der Waals surface area (Å²) < 4.78 is 0. The molecule has 1 rings (SSSR count). The van der Waals surface area contributed by atoms with Gasteiger partial charge in [-0.25, -0.2) is 4.79 Å². The van der Waals surface area contributed by atoms with E-state index in [4.69, 9.17) is 0 Å². The normalized spacial score (nSPS) is 15.1. The number of amides is 3. The van der Waals surface area contributed by atoms with E-state index in [-0.39, 0.29) is 11.9 Å². The highest BCUT2D eigenvalue weighted by molar-refractivity contribution is 6.07. The highest BCUT2D eigenvalue weighted by Crippen LogP contribution is 2.34. The van der Waals surface area contributed by atoms with Gasteiger partial charge in [0.15, 0.2) is 0 Å². The second-order valence-corrected chi connectivity index (χ2v) is 11.9. The van der Waals surface area contributed by atoms with Crippen LogP contribution in [0.1, 0.15) is 188 Å². The van der Waals surface area contributed by atoms with Gasteiger partial charge in [0.25, 0.3) is 5.91 Å². The van der Waals surface area contributed by atoms with Gasteiger partial charge in [0.2, 0.25) is 0 Å². The molecule has 218 valence electrons. The predicted molar refractivity (Wildman–Crippen MR) is 160 cm³/mol. The number of nitrogens with zero attached hydrogens (tertiary/aromatic N) is 1. The average molecular weight is 521 g/mol. The van der Waals surface area contributed by atoms with Gasteiger partial charge >= 0.3 is 6.03 Å². The molecule has 37 heavy (non-hydrogen) atoms. The molecule has 1 heterocycles. The zero-order valence-electron chi connectivity index (χ0n) is 25.4. The molecule has 4 heteroatoms. The summed E-state index contributed by atoms with van der Waals surface area (Å²) in [6.07, 6.45) is 31.9. The molecule has 0 spiro atoms. The maximum Gasteiger partial charge on any atom is 0.325 e. The van der Waals surface area contributed by atoms with E-state index in [2.05, 4.69) is 26.1 Å². The summed E-state index contributed by atoms with van der Waals surface area (Å²) in [4.78, 5) is 28.1. The van der Waals surface area contributed by atoms with Crippen molar-refractivity contribution in [1.82, 2.24) is 10.2 Å². The first-order valence-corrected chi connectivity index (χ1v) is 16.8. The summed E-state index contributed by atoms with van der Waals surface area (Å²) in [7, 11) is 0. The quantitative estimate of drug-likeness (QED) is 0.0864. The molecule has 0 saturated carbocycles. The first kappa shape index (κ1) is 34.0. The van der Waals surface area contributed by atoms with Crippen LogP contribution in [0.15, 0.2) is 0 Å². The summed E-state index contributed by atoms with van der Waals surface area (Å²) in [6.45, 7) is 7.52. The van der Waals surface area contributed by atoms with Crippen LogP contribution in [0.5, 0.6) is 0 Å². The Morgan fingerprint density at radius 3 is 1.19 bits per heavy atom. The van der Waals surface area contributed by atoms with E-state index >= 15 is 0 Å². The summed E-state index contributed by atoms with van der Waals surface area (Å²) in [5, 5.41) is 2.73. The van der Waals surface area contributed by atoms with Crippen LogP contribution in [0.2, 0.25) is 0 Å². The number of rotatable bonds is 27. The molecular weight excluding hydrogens is 456 g/mol. The van der Waals surface area contributed by atoms with Crippen molar-refractivity contribution in [2.75, 3.05) is 6.54 Å². The molecule has 0 bridgehead atoms. The minimum Gasteiger partial charge on any atom is -0.310 e. The lowest BCUT2D eigenvalue weighted by Gasteiger charge is -2.36. The van der Waals surface area contributed by atoms with Gasteiger partial charge in [0, 0.05) is 6.54 Å². The molecule has 0 unspecified atom stereocenters. The summed E-state index contributed by atoms with van der Waals surface area (Å²) in [6, 6.07) is -0.132. The third-order valence-corrected chi connectivity index (χ3v) is 8.53. The third-order valence-electron chi connectivity index (χ3n) is 8.53. The molecule has 4 nitrogen and oxygen atoms in total. The Morgan fingerprint density at radius 1 is 0.486 bits per heavy atom. The van der Waals surface area contributed by atoms with Crippen molar-refractivity contribution < 1.29 is 9.59 Å². The Balaban J connectivity index is 2.57. The van der Waals surface area contributed by atoms with Crippen molar-refractivity contribution in [3.63, 3.8) is 0 Å². The molecule has 0 radical (unpaired) electrons. The van der Waals surface area contributed by atoms with Gasteiger partial charge < -0.3 is 4.90 Å². The molecule has 3 amide bonds. The van der Waals surface area contributed by atoms with Gasteiger partial charge in [-0.1, -0.05) is 168 Å². The highest BCUT2D eigenvalue weighted by Gasteiger charge is 2.51. The zero-order valence-corrected chi connectivity index (χ0v) is 25.4. The maximum absolute atomic E-state index is 13.3. The summed E-state index contributed by atoms with van der Waals surface area (Å²) in [5.74, 6) is -0.0112. The number of nitrogens with one attached hydrogen (secondary N) is 1. The molecule has 1 aliphatic rings. The first-order chi connectivity index (χ1) is 18.1. The van der Waals surface area contributed by atoms with Crippen molar-refractivity contribution >= 4 is 11.9 Å². The van der Waals surface area contributed by atoms with E-state index in [1.807, 2.05) is 4.90 Å². The molecule has 0 aromatic carbocycles. The minimum atomic E-state index is -0.595. The topological polar surface area (TPSA) is 49.4 Å². The van der Waals surface area contributed by atoms with Crippen molar-refractivity contribution in [2.24, 2.45) is 0 Å². The molecule has 1 aliphatic heterocycles. The summed E-state index contributed by atoms with van der Waals surface area (Å²) in [5.41, 5.74) is -0.595. The predicted octanol–water partition coefficient (Wildman–Crippen LogP) is 10.5. The Hall–Kier alpha value is -1.06. The van der Waals surface area contributed by atoms with Gasteiger partial charge in [-0.3, -0.25) is 10.1 Å². The van der Waals surface area contributed by atoms with E-state index in [0.717, 1.165) is 45.1 Å². The van der Waals surface area contributed by atoms with E-state index < -0.39 is 5.54 Å². The van der Waals surface area contributed by atoms with Gasteiger partial charge in [0.05, 0.1) is 0 Å². The lowest BCUT2D eigenvalue weighted by Crippen LogP contribution is -2.50. The highest BCUT2D eigenvalue weighted by atomic mass is 16.2. The largest absolute Gasteiger partial charge is 0.325 e. The number of hydrogen-bond donors (Lipinski definition) is 1. The molecule has 1 saturated heterocycles. The van der Waals surface area contributed by atoms with Gasteiger partial charge in [-0.05, 0) is 19.3 Å². The van der Waals surface area contributed by atoms with Crippen LogP contribution in [0.3, 0.4) is 0 Å². The fourth-order valence-corrected chi connectivity index (χ4v) is 6.04. The fourth-order valence-electron chi connectivity index (χ4n) is 6.04. The van der Waals surface area contributed by atoms with E-state index in [1.165, 1.54) is 128 Å². The molecule has 0 aromatic heterocycles. The van der Waals surface area contributed by atoms with Gasteiger partial charge in [-0.2, -0.15) is 0 Å². The molecule has 0 atom stereocenters. The standard InChI is InChI=1S/C33H64N2O2/c1-4-7-10-13-16-19-22-25-28-33(29-26-23-20-17-14-11-8-5-2)31(36)34-32(37)35(33)30-27-24-21-18-15-12-9-6-3/h4-30H2,1-3H3,(H,34,36,37). The second-order valence-electron chi connectivity index (χ2n) is 11.9. The Morgan fingerprint density at radius 2 is 0.811 bits per heavy atom. The van der Waals surface area contributed by atoms with Crippen LogP contribution in [0, 0.1) is 0 Å². The fraction of sp³-hybridized carbons (Fsp3) is 0.939. The number of urea groups is 1. The molecule has 1 N–H and O–H groups in total. The van der Waals surface area contributed by atoms with Crippen molar-refractivity contribution in [3.8, 4) is 0 Å².